The lowest BCUT2D eigenvalue weighted by molar-refractivity contribution is -0.0601. The number of hydrogen-bond acceptors (Lipinski definition) is 4. The number of methoxy groups -OCH3 is 1. The maximum Gasteiger partial charge on any atom is 0.148 e. The van der Waals surface area contributed by atoms with Crippen LogP contribution >= 0.6 is 27.5 Å². The predicted molar refractivity (Wildman–Crippen MR) is 66.8 cm³/mol. The summed E-state index contributed by atoms with van der Waals surface area (Å²) in [7, 11) is 1.75. The molecule has 1 fully saturated rings. The van der Waals surface area contributed by atoms with Crippen molar-refractivity contribution in [2.24, 2.45) is 0 Å². The van der Waals surface area contributed by atoms with Gasteiger partial charge < -0.3 is 10.1 Å². The zero-order valence-corrected chi connectivity index (χ0v) is 11.3. The van der Waals surface area contributed by atoms with Crippen LogP contribution < -0.4 is 5.32 Å². The molecule has 0 unspecified atom stereocenters. The highest BCUT2D eigenvalue weighted by molar-refractivity contribution is 9.10. The molecule has 16 heavy (non-hydrogen) atoms. The summed E-state index contributed by atoms with van der Waals surface area (Å²) < 4.78 is 6.21. The Balaban J connectivity index is 2.02. The number of nitrogens with zero attached hydrogens (tertiary/aromatic N) is 2. The molecule has 1 aliphatic carbocycles. The fourth-order valence-electron chi connectivity index (χ4n) is 1.74. The number of nitrogens with one attached hydrogen (secondary N) is 1. The molecule has 1 saturated carbocycles. The van der Waals surface area contributed by atoms with Gasteiger partial charge in [0.05, 0.1) is 10.1 Å². The van der Waals surface area contributed by atoms with E-state index in [0.717, 1.165) is 19.4 Å². The molecular weight excluding hydrogens is 293 g/mol. The Kier molecular flexibility index (Phi) is 3.66. The van der Waals surface area contributed by atoms with Gasteiger partial charge in [-0.2, -0.15) is 0 Å². The summed E-state index contributed by atoms with van der Waals surface area (Å²) in [6.07, 6.45) is 4.84. The summed E-state index contributed by atoms with van der Waals surface area (Å²) in [6, 6.07) is 0. The molecule has 0 saturated heterocycles. The average molecular weight is 307 g/mol. The van der Waals surface area contributed by atoms with Crippen LogP contribution in [0.5, 0.6) is 0 Å². The van der Waals surface area contributed by atoms with Crippen molar-refractivity contribution >= 4 is 33.3 Å². The normalized spacial score (nSPS) is 17.9. The molecule has 6 heteroatoms. The Hall–Kier alpha value is -0.390. The van der Waals surface area contributed by atoms with Crippen LogP contribution in [0.3, 0.4) is 0 Å². The first kappa shape index (κ1) is 12.1. The molecule has 0 radical (unpaired) electrons. The Morgan fingerprint density at radius 3 is 2.88 bits per heavy atom. The highest BCUT2D eigenvalue weighted by Crippen LogP contribution is 2.35. The van der Waals surface area contributed by atoms with Crippen molar-refractivity contribution < 1.29 is 4.74 Å². The Bertz CT molecular complexity index is 379. The smallest absolute Gasteiger partial charge is 0.148 e. The van der Waals surface area contributed by atoms with E-state index in [1.807, 2.05) is 0 Å². The molecule has 1 aromatic heterocycles. The van der Waals surface area contributed by atoms with E-state index in [4.69, 9.17) is 16.3 Å². The van der Waals surface area contributed by atoms with Gasteiger partial charge in [0, 0.05) is 13.7 Å². The summed E-state index contributed by atoms with van der Waals surface area (Å²) in [5.41, 5.74) is -0.0309. The highest BCUT2D eigenvalue weighted by Gasteiger charge is 2.36. The Labute approximate surface area is 108 Å². The van der Waals surface area contributed by atoms with Crippen LogP contribution in [0.25, 0.3) is 0 Å². The van der Waals surface area contributed by atoms with Gasteiger partial charge in [-0.25, -0.2) is 9.97 Å². The summed E-state index contributed by atoms with van der Waals surface area (Å²) in [4.78, 5) is 8.00. The third-order valence-corrected chi connectivity index (χ3v) is 4.29. The third kappa shape index (κ3) is 2.31. The molecule has 0 atom stereocenters. The summed E-state index contributed by atoms with van der Waals surface area (Å²) >= 11 is 9.23. The van der Waals surface area contributed by atoms with E-state index in [1.54, 1.807) is 7.11 Å². The number of aromatic nitrogens is 2. The van der Waals surface area contributed by atoms with Crippen molar-refractivity contribution in [3.63, 3.8) is 0 Å². The molecule has 2 rings (SSSR count). The van der Waals surface area contributed by atoms with Gasteiger partial charge in [0.15, 0.2) is 0 Å². The first-order valence-electron chi connectivity index (χ1n) is 5.12. The number of hydrogen-bond donors (Lipinski definition) is 1. The standard InChI is InChI=1S/C10H13BrClN3O/c1-16-10(3-2-4-10)5-13-9-7(11)8(12)14-6-15-9/h6H,2-5H2,1H3,(H,13,14,15). The largest absolute Gasteiger partial charge is 0.376 e. The second-order valence-corrected chi connectivity index (χ2v) is 5.07. The van der Waals surface area contributed by atoms with Gasteiger partial charge >= 0.3 is 0 Å². The Morgan fingerprint density at radius 1 is 1.56 bits per heavy atom. The van der Waals surface area contributed by atoms with E-state index in [2.05, 4.69) is 31.2 Å². The number of anilines is 1. The van der Waals surface area contributed by atoms with E-state index < -0.39 is 0 Å². The maximum atomic E-state index is 5.88. The lowest BCUT2D eigenvalue weighted by atomic mass is 9.80. The SMILES string of the molecule is COC1(CNc2ncnc(Cl)c2Br)CCC1. The van der Waals surface area contributed by atoms with Gasteiger partial charge in [0.25, 0.3) is 0 Å². The van der Waals surface area contributed by atoms with Gasteiger partial charge in [-0.3, -0.25) is 0 Å². The number of ether oxygens (including phenoxy) is 1. The van der Waals surface area contributed by atoms with Crippen molar-refractivity contribution in [1.82, 2.24) is 9.97 Å². The van der Waals surface area contributed by atoms with Crippen molar-refractivity contribution in [2.75, 3.05) is 19.0 Å². The van der Waals surface area contributed by atoms with Crippen molar-refractivity contribution in [1.29, 1.82) is 0 Å². The predicted octanol–water partition coefficient (Wildman–Crippen LogP) is 2.87. The van der Waals surface area contributed by atoms with Crippen LogP contribution in [0.4, 0.5) is 5.82 Å². The molecular formula is C10H13BrClN3O. The fraction of sp³-hybridized carbons (Fsp3) is 0.600. The van der Waals surface area contributed by atoms with Crippen LogP contribution in [-0.2, 0) is 4.74 Å². The molecule has 0 aliphatic heterocycles. The topological polar surface area (TPSA) is 47.0 Å². The van der Waals surface area contributed by atoms with Gasteiger partial charge in [-0.1, -0.05) is 11.6 Å². The van der Waals surface area contributed by atoms with Crippen LogP contribution in [0.2, 0.25) is 5.15 Å². The molecule has 0 bridgehead atoms. The number of rotatable bonds is 4. The summed E-state index contributed by atoms with van der Waals surface area (Å²) in [6.45, 7) is 0.745. The van der Waals surface area contributed by atoms with Crippen LogP contribution in [0.1, 0.15) is 19.3 Å². The van der Waals surface area contributed by atoms with E-state index in [9.17, 15) is 0 Å². The van der Waals surface area contributed by atoms with E-state index in [0.29, 0.717) is 15.4 Å². The summed E-state index contributed by atoms with van der Waals surface area (Å²) in [5, 5.41) is 3.65. The van der Waals surface area contributed by atoms with Gasteiger partial charge in [-0.05, 0) is 35.2 Å². The molecule has 0 amide bonds. The molecule has 4 nitrogen and oxygen atoms in total. The average Bonchev–Trinajstić information content (AvgIpc) is 2.23. The zero-order chi connectivity index (χ0) is 11.6. The molecule has 0 spiro atoms. The quantitative estimate of drug-likeness (QED) is 0.869. The molecule has 0 aromatic carbocycles. The number of halogens is 2. The molecule has 88 valence electrons. The lowest BCUT2D eigenvalue weighted by Gasteiger charge is -2.40. The lowest BCUT2D eigenvalue weighted by Crippen LogP contribution is -2.45. The van der Waals surface area contributed by atoms with Gasteiger partial charge in [0.1, 0.15) is 17.3 Å². The molecule has 1 heterocycles. The highest BCUT2D eigenvalue weighted by atomic mass is 79.9. The monoisotopic (exact) mass is 305 g/mol. The molecule has 1 N–H and O–H groups in total. The third-order valence-electron chi connectivity index (χ3n) is 3.02. The minimum Gasteiger partial charge on any atom is -0.376 e. The second-order valence-electron chi connectivity index (χ2n) is 3.92. The zero-order valence-electron chi connectivity index (χ0n) is 8.96. The Morgan fingerprint density at radius 2 is 2.31 bits per heavy atom. The summed E-state index contributed by atoms with van der Waals surface area (Å²) in [5.74, 6) is 0.711. The van der Waals surface area contributed by atoms with E-state index >= 15 is 0 Å². The van der Waals surface area contributed by atoms with Gasteiger partial charge in [0.2, 0.25) is 0 Å². The fourth-order valence-corrected chi connectivity index (χ4v) is 2.22. The molecule has 1 aromatic rings. The van der Waals surface area contributed by atoms with Crippen molar-refractivity contribution in [2.45, 2.75) is 24.9 Å². The van der Waals surface area contributed by atoms with E-state index in [1.165, 1.54) is 12.7 Å². The van der Waals surface area contributed by atoms with Gasteiger partial charge in [-0.15, -0.1) is 0 Å². The maximum absolute atomic E-state index is 5.88. The van der Waals surface area contributed by atoms with Crippen molar-refractivity contribution in [3.05, 3.63) is 16.0 Å². The first-order chi connectivity index (χ1) is 7.67. The minimum atomic E-state index is -0.0309. The first-order valence-corrected chi connectivity index (χ1v) is 6.29. The van der Waals surface area contributed by atoms with Crippen LogP contribution in [0, 0.1) is 0 Å². The van der Waals surface area contributed by atoms with Crippen molar-refractivity contribution in [3.8, 4) is 0 Å². The van der Waals surface area contributed by atoms with E-state index in [-0.39, 0.29) is 5.60 Å². The second kappa shape index (κ2) is 4.85. The molecule has 1 aliphatic rings. The van der Waals surface area contributed by atoms with Crippen LogP contribution in [-0.4, -0.2) is 29.2 Å². The minimum absolute atomic E-state index is 0.0309. The van der Waals surface area contributed by atoms with Crippen LogP contribution in [0.15, 0.2) is 10.8 Å².